The number of hydrogen-bond acceptors (Lipinski definition) is 4. The minimum atomic E-state index is -0.0527. The Kier molecular flexibility index (Phi) is 5.67. The lowest BCUT2D eigenvalue weighted by molar-refractivity contribution is -0.132. The van der Waals surface area contributed by atoms with Crippen molar-refractivity contribution in [1.82, 2.24) is 19.8 Å². The molecule has 2 aromatic heterocycles. The van der Waals surface area contributed by atoms with E-state index in [9.17, 15) is 9.59 Å². The first kappa shape index (κ1) is 19.6. The van der Waals surface area contributed by atoms with Gasteiger partial charge in [0, 0.05) is 43.1 Å². The summed E-state index contributed by atoms with van der Waals surface area (Å²) >= 11 is 1.53. The van der Waals surface area contributed by atoms with Gasteiger partial charge in [-0.3, -0.25) is 9.59 Å². The normalized spacial score (nSPS) is 16.5. The summed E-state index contributed by atoms with van der Waals surface area (Å²) in [5, 5.41) is 3.89. The van der Waals surface area contributed by atoms with E-state index < -0.39 is 0 Å². The van der Waals surface area contributed by atoms with Gasteiger partial charge in [0.1, 0.15) is 12.4 Å². The van der Waals surface area contributed by atoms with Crippen LogP contribution < -0.4 is 5.32 Å². The van der Waals surface area contributed by atoms with Gasteiger partial charge in [-0.05, 0) is 36.3 Å². The molecule has 1 aromatic carbocycles. The average molecular weight is 411 g/mol. The van der Waals surface area contributed by atoms with Gasteiger partial charge in [0.2, 0.25) is 5.91 Å². The third kappa shape index (κ3) is 3.79. The van der Waals surface area contributed by atoms with Crippen molar-refractivity contribution < 1.29 is 9.59 Å². The maximum atomic E-state index is 13.1. The molecule has 2 amide bonds. The van der Waals surface area contributed by atoms with Gasteiger partial charge in [-0.25, -0.2) is 4.98 Å². The first-order chi connectivity index (χ1) is 14.1. The molecular weight excluding hydrogens is 384 g/mol. The molecule has 3 heterocycles. The Hall–Kier alpha value is -2.67. The van der Waals surface area contributed by atoms with Gasteiger partial charge < -0.3 is 14.8 Å². The van der Waals surface area contributed by atoms with Crippen LogP contribution in [0, 0.1) is 0 Å². The second-order valence-electron chi connectivity index (χ2n) is 7.40. The lowest BCUT2D eigenvalue weighted by Crippen LogP contribution is -2.39. The monoisotopic (exact) mass is 410 g/mol. The zero-order chi connectivity index (χ0) is 20.4. The van der Waals surface area contributed by atoms with E-state index in [0.717, 1.165) is 52.2 Å². The van der Waals surface area contributed by atoms with Crippen molar-refractivity contribution in [1.29, 1.82) is 0 Å². The van der Waals surface area contributed by atoms with E-state index in [1.165, 1.54) is 11.3 Å². The van der Waals surface area contributed by atoms with Crippen LogP contribution in [-0.2, 0) is 24.2 Å². The van der Waals surface area contributed by atoms with Crippen molar-refractivity contribution >= 4 is 33.2 Å². The first-order valence-electron chi connectivity index (χ1n) is 10.1. The number of likely N-dealkylation sites (tertiary alicyclic amines) is 1. The van der Waals surface area contributed by atoms with Crippen molar-refractivity contribution in [2.45, 2.75) is 45.2 Å². The molecule has 1 aliphatic rings. The Balaban J connectivity index is 1.59. The van der Waals surface area contributed by atoms with Crippen LogP contribution in [0.15, 0.2) is 36.7 Å². The smallest absolute Gasteiger partial charge is 0.261 e. The van der Waals surface area contributed by atoms with Crippen LogP contribution in [-0.4, -0.2) is 45.9 Å². The summed E-state index contributed by atoms with van der Waals surface area (Å²) in [4.78, 5) is 32.6. The van der Waals surface area contributed by atoms with Crippen LogP contribution in [0.1, 0.15) is 40.8 Å². The molecule has 6 nitrogen and oxygen atoms in total. The highest BCUT2D eigenvalue weighted by Gasteiger charge is 2.31. The van der Waals surface area contributed by atoms with Crippen LogP contribution in [0.25, 0.3) is 10.1 Å². The van der Waals surface area contributed by atoms with E-state index in [4.69, 9.17) is 0 Å². The molecule has 7 heteroatoms. The standard InChI is InChI=1S/C22H26N4O2S/c1-3-19-24-10-12-25(19)14-20(27)26-11-6-7-15(26)13-17-16-8-4-5-9-18(16)29-21(17)22(28)23-2/h4-5,8-10,12,15H,3,6-7,11,13-14H2,1-2H3,(H,23,28)/t15-/m1/s1. The molecule has 1 fully saturated rings. The molecule has 1 saturated heterocycles. The van der Waals surface area contributed by atoms with E-state index in [1.807, 2.05) is 34.7 Å². The molecule has 0 saturated carbocycles. The Morgan fingerprint density at radius 2 is 2.14 bits per heavy atom. The number of aromatic nitrogens is 2. The van der Waals surface area contributed by atoms with Gasteiger partial charge in [0.05, 0.1) is 4.88 Å². The number of amides is 2. The minimum Gasteiger partial charge on any atom is -0.354 e. The maximum absolute atomic E-state index is 13.1. The van der Waals surface area contributed by atoms with E-state index >= 15 is 0 Å². The zero-order valence-corrected chi connectivity index (χ0v) is 17.7. The summed E-state index contributed by atoms with van der Waals surface area (Å²) in [6.07, 6.45) is 7.10. The topological polar surface area (TPSA) is 67.2 Å². The van der Waals surface area contributed by atoms with Crippen molar-refractivity contribution in [3.8, 4) is 0 Å². The summed E-state index contributed by atoms with van der Waals surface area (Å²) < 4.78 is 3.05. The number of benzene rings is 1. The Bertz CT molecular complexity index is 1040. The van der Waals surface area contributed by atoms with Crippen molar-refractivity contribution in [2.75, 3.05) is 13.6 Å². The van der Waals surface area contributed by atoms with E-state index in [0.29, 0.717) is 13.0 Å². The summed E-state index contributed by atoms with van der Waals surface area (Å²) in [5.41, 5.74) is 1.06. The molecule has 4 rings (SSSR count). The fourth-order valence-electron chi connectivity index (χ4n) is 4.25. The molecule has 1 atom stereocenters. The highest BCUT2D eigenvalue weighted by Crippen LogP contribution is 2.34. The van der Waals surface area contributed by atoms with Crippen LogP contribution in [0.4, 0.5) is 0 Å². The van der Waals surface area contributed by atoms with Gasteiger partial charge in [-0.1, -0.05) is 25.1 Å². The summed E-state index contributed by atoms with van der Waals surface area (Å²) in [6, 6.07) is 8.26. The lowest BCUT2D eigenvalue weighted by Gasteiger charge is -2.25. The third-order valence-corrected chi connectivity index (χ3v) is 6.90. The molecule has 29 heavy (non-hydrogen) atoms. The quantitative estimate of drug-likeness (QED) is 0.678. The molecule has 0 radical (unpaired) electrons. The zero-order valence-electron chi connectivity index (χ0n) is 16.9. The van der Waals surface area contributed by atoms with Crippen LogP contribution in [0.3, 0.4) is 0 Å². The number of nitrogens with one attached hydrogen (secondary N) is 1. The van der Waals surface area contributed by atoms with Crippen molar-refractivity contribution in [2.24, 2.45) is 0 Å². The molecule has 152 valence electrons. The highest BCUT2D eigenvalue weighted by molar-refractivity contribution is 7.21. The highest BCUT2D eigenvalue weighted by atomic mass is 32.1. The number of rotatable bonds is 6. The van der Waals surface area contributed by atoms with E-state index in [-0.39, 0.29) is 17.9 Å². The van der Waals surface area contributed by atoms with E-state index in [2.05, 4.69) is 22.4 Å². The van der Waals surface area contributed by atoms with Gasteiger partial charge in [0.15, 0.2) is 0 Å². The predicted molar refractivity (Wildman–Crippen MR) is 115 cm³/mol. The SMILES string of the molecule is CCc1nccn1CC(=O)N1CCC[C@@H]1Cc1c(C(=O)NC)sc2ccccc12. The number of carbonyl (C=O) groups excluding carboxylic acids is 2. The fraction of sp³-hybridized carbons (Fsp3) is 0.409. The number of fused-ring (bicyclic) bond motifs is 1. The molecule has 0 bridgehead atoms. The van der Waals surface area contributed by atoms with Gasteiger partial charge in [0.25, 0.3) is 5.91 Å². The number of aryl methyl sites for hydroxylation is 1. The molecule has 0 unspecified atom stereocenters. The number of carbonyl (C=O) groups is 2. The number of nitrogens with zero attached hydrogens (tertiary/aromatic N) is 3. The van der Waals surface area contributed by atoms with Gasteiger partial charge >= 0.3 is 0 Å². The summed E-state index contributed by atoms with van der Waals surface area (Å²) in [5.74, 6) is 1.00. The second-order valence-corrected chi connectivity index (χ2v) is 8.45. The Morgan fingerprint density at radius 3 is 2.93 bits per heavy atom. The largest absolute Gasteiger partial charge is 0.354 e. The molecule has 3 aromatic rings. The van der Waals surface area contributed by atoms with Crippen LogP contribution >= 0.6 is 11.3 Å². The second kappa shape index (κ2) is 8.37. The molecule has 1 N–H and O–H groups in total. The van der Waals surface area contributed by atoms with Gasteiger partial charge in [-0.15, -0.1) is 11.3 Å². The fourth-order valence-corrected chi connectivity index (χ4v) is 5.42. The number of hydrogen-bond donors (Lipinski definition) is 1. The Labute approximate surface area is 174 Å². The molecule has 1 aliphatic heterocycles. The van der Waals surface area contributed by atoms with Crippen molar-refractivity contribution in [3.63, 3.8) is 0 Å². The number of thiophene rings is 1. The maximum Gasteiger partial charge on any atom is 0.261 e. The van der Waals surface area contributed by atoms with Crippen LogP contribution in [0.5, 0.6) is 0 Å². The lowest BCUT2D eigenvalue weighted by atomic mass is 10.0. The summed E-state index contributed by atoms with van der Waals surface area (Å²) in [7, 11) is 1.67. The minimum absolute atomic E-state index is 0.0527. The predicted octanol–water partition coefficient (Wildman–Crippen LogP) is 3.25. The Morgan fingerprint density at radius 1 is 1.31 bits per heavy atom. The van der Waals surface area contributed by atoms with Crippen LogP contribution in [0.2, 0.25) is 0 Å². The molecule has 0 spiro atoms. The summed E-state index contributed by atoms with van der Waals surface area (Å²) in [6.45, 7) is 3.15. The first-order valence-corrected chi connectivity index (χ1v) is 11.0. The third-order valence-electron chi connectivity index (χ3n) is 5.69. The number of imidazole rings is 1. The van der Waals surface area contributed by atoms with Crippen molar-refractivity contribution in [3.05, 3.63) is 52.9 Å². The van der Waals surface area contributed by atoms with E-state index in [1.54, 1.807) is 13.2 Å². The van der Waals surface area contributed by atoms with Gasteiger partial charge in [-0.2, -0.15) is 0 Å². The molecular formula is C22H26N4O2S. The molecule has 0 aliphatic carbocycles. The average Bonchev–Trinajstić information content (AvgIpc) is 3.46.